The fourth-order valence-corrected chi connectivity index (χ4v) is 4.48. The van der Waals surface area contributed by atoms with Crippen LogP contribution in [0.4, 0.5) is 5.13 Å². The van der Waals surface area contributed by atoms with Gasteiger partial charge in [0.25, 0.3) is 5.91 Å². The van der Waals surface area contributed by atoms with Crippen LogP contribution in [-0.2, 0) is 4.79 Å². The number of nitrogens with one attached hydrogen (secondary N) is 1. The van der Waals surface area contributed by atoms with Gasteiger partial charge in [0.15, 0.2) is 4.34 Å². The number of nitrogens with two attached hydrogens (primary N) is 1. The predicted molar refractivity (Wildman–Crippen MR) is 115 cm³/mol. The Hall–Kier alpha value is -3.04. The number of aromatic nitrogens is 2. The highest BCUT2D eigenvalue weighted by Crippen LogP contribution is 2.33. The average molecular weight is 426 g/mol. The summed E-state index contributed by atoms with van der Waals surface area (Å²) in [6, 6.07) is 17.4. The number of benzene rings is 2. The van der Waals surface area contributed by atoms with E-state index in [-0.39, 0.29) is 17.7 Å². The van der Waals surface area contributed by atoms with Gasteiger partial charge in [-0.05, 0) is 29.3 Å². The summed E-state index contributed by atoms with van der Waals surface area (Å²) in [4.78, 5) is 13.0. The summed E-state index contributed by atoms with van der Waals surface area (Å²) in [6.45, 7) is 0. The number of nitrogens with zero attached hydrogens (tertiary/aromatic N) is 3. The highest BCUT2D eigenvalue weighted by molar-refractivity contribution is 8.01. The Morgan fingerprint density at radius 3 is 2.62 bits per heavy atom. The Labute approximate surface area is 176 Å². The molecule has 0 fully saturated rings. The Morgan fingerprint density at radius 1 is 1.21 bits per heavy atom. The normalized spacial score (nSPS) is 15.7. The molecule has 9 heteroatoms. The van der Waals surface area contributed by atoms with Crippen molar-refractivity contribution in [3.05, 3.63) is 71.8 Å². The summed E-state index contributed by atoms with van der Waals surface area (Å²) < 4.78 is 5.92. The maximum absolute atomic E-state index is 13.0. The Morgan fingerprint density at radius 2 is 1.97 bits per heavy atom. The third kappa shape index (κ3) is 4.36. The van der Waals surface area contributed by atoms with Gasteiger partial charge in [0.2, 0.25) is 5.13 Å². The van der Waals surface area contributed by atoms with E-state index >= 15 is 0 Å². The van der Waals surface area contributed by atoms with Crippen LogP contribution in [0.25, 0.3) is 5.70 Å². The molecule has 29 heavy (non-hydrogen) atoms. The summed E-state index contributed by atoms with van der Waals surface area (Å²) in [5, 5.41) is 9.79. The molecule has 0 saturated heterocycles. The Balaban J connectivity index is 1.57. The van der Waals surface area contributed by atoms with Crippen molar-refractivity contribution in [1.29, 1.82) is 0 Å². The second-order valence-electron chi connectivity index (χ2n) is 6.23. The van der Waals surface area contributed by atoms with Crippen molar-refractivity contribution < 1.29 is 9.53 Å². The zero-order chi connectivity index (χ0) is 20.2. The van der Waals surface area contributed by atoms with Gasteiger partial charge < -0.3 is 10.5 Å². The first-order valence-corrected chi connectivity index (χ1v) is 10.7. The van der Waals surface area contributed by atoms with Crippen LogP contribution in [0.5, 0.6) is 5.75 Å². The molecule has 1 aliphatic heterocycles. The van der Waals surface area contributed by atoms with Crippen LogP contribution in [0.2, 0.25) is 0 Å². The summed E-state index contributed by atoms with van der Waals surface area (Å²) in [5.74, 6) is 0.936. The molecular weight excluding hydrogens is 406 g/mol. The van der Waals surface area contributed by atoms with Gasteiger partial charge in [-0.1, -0.05) is 65.6 Å². The number of amides is 1. The van der Waals surface area contributed by atoms with E-state index in [2.05, 4.69) is 21.7 Å². The second-order valence-corrected chi connectivity index (χ2v) is 8.47. The third-order valence-corrected chi connectivity index (χ3v) is 6.27. The molecule has 148 valence electrons. The average Bonchev–Trinajstić information content (AvgIpc) is 3.39. The van der Waals surface area contributed by atoms with E-state index in [0.29, 0.717) is 9.47 Å². The molecule has 0 spiro atoms. The van der Waals surface area contributed by atoms with Gasteiger partial charge >= 0.3 is 0 Å². The molecule has 1 atom stereocenters. The first kappa shape index (κ1) is 19.3. The van der Waals surface area contributed by atoms with Crippen molar-refractivity contribution in [2.75, 3.05) is 18.6 Å². The molecule has 0 radical (unpaired) electrons. The molecule has 0 bridgehead atoms. The number of methoxy groups -OCH3 is 1. The molecule has 3 N–H and O–H groups in total. The number of hydrazine groups is 1. The van der Waals surface area contributed by atoms with Crippen molar-refractivity contribution >= 4 is 39.8 Å². The third-order valence-electron chi connectivity index (χ3n) is 4.40. The number of nitrogen functional groups attached to an aromatic ring is 1. The molecule has 1 aliphatic rings. The van der Waals surface area contributed by atoms with Gasteiger partial charge in [-0.25, -0.2) is 5.01 Å². The van der Waals surface area contributed by atoms with Crippen LogP contribution in [-0.4, -0.2) is 34.0 Å². The maximum atomic E-state index is 13.0. The highest BCUT2D eigenvalue weighted by atomic mass is 32.2. The molecule has 7 nitrogen and oxygen atoms in total. The Bertz CT molecular complexity index is 1020. The Kier molecular flexibility index (Phi) is 5.68. The number of anilines is 1. The van der Waals surface area contributed by atoms with Crippen LogP contribution in [0, 0.1) is 0 Å². The minimum Gasteiger partial charge on any atom is -0.497 e. The van der Waals surface area contributed by atoms with Crippen molar-refractivity contribution in [3.63, 3.8) is 0 Å². The summed E-state index contributed by atoms with van der Waals surface area (Å²) >= 11 is 2.60. The fraction of sp³-hybridized carbons (Fsp3) is 0.150. The summed E-state index contributed by atoms with van der Waals surface area (Å²) in [6.07, 6.45) is 2.06. The van der Waals surface area contributed by atoms with Crippen molar-refractivity contribution in [1.82, 2.24) is 20.6 Å². The molecule has 2 heterocycles. The first-order chi connectivity index (χ1) is 14.1. The van der Waals surface area contributed by atoms with Crippen molar-refractivity contribution in [2.24, 2.45) is 0 Å². The highest BCUT2D eigenvalue weighted by Gasteiger charge is 2.30. The lowest BCUT2D eigenvalue weighted by Gasteiger charge is -2.25. The van der Waals surface area contributed by atoms with Crippen molar-refractivity contribution in [3.8, 4) is 5.75 Å². The molecule has 0 aliphatic carbocycles. The zero-order valence-electron chi connectivity index (χ0n) is 15.6. The number of hydrogen-bond acceptors (Lipinski definition) is 8. The van der Waals surface area contributed by atoms with Crippen LogP contribution in [0.3, 0.4) is 0 Å². The molecule has 0 saturated carbocycles. The standard InChI is InChI=1S/C20H19N5O2S2/c1-27-15-9-7-14(8-10-15)17-11-16(13-5-3-2-4-6-13)24-25(17)18(26)12-28-20-23-22-19(21)29-20/h2-11,17,24H,12H2,1H3,(H2,21,22)/t17-/m1/s1. The molecule has 1 aromatic heterocycles. The summed E-state index contributed by atoms with van der Waals surface area (Å²) in [5.41, 5.74) is 11.8. The smallest absolute Gasteiger partial charge is 0.252 e. The minimum atomic E-state index is -0.233. The molecule has 3 aromatic rings. The number of rotatable bonds is 6. The number of carbonyl (C=O) groups is 1. The van der Waals surface area contributed by atoms with E-state index in [4.69, 9.17) is 10.5 Å². The number of hydrogen-bond donors (Lipinski definition) is 2. The van der Waals surface area contributed by atoms with E-state index in [0.717, 1.165) is 22.6 Å². The monoisotopic (exact) mass is 425 g/mol. The molecule has 4 rings (SSSR count). The number of carbonyl (C=O) groups excluding carboxylic acids is 1. The lowest BCUT2D eigenvalue weighted by Crippen LogP contribution is -2.40. The quantitative estimate of drug-likeness (QED) is 0.585. The van der Waals surface area contributed by atoms with Gasteiger partial charge in [0.05, 0.1) is 24.6 Å². The minimum absolute atomic E-state index is 0.0632. The summed E-state index contributed by atoms with van der Waals surface area (Å²) in [7, 11) is 1.63. The SMILES string of the molecule is COc1ccc([C@H]2C=C(c3ccccc3)NN2C(=O)CSc2nnc(N)s2)cc1. The number of ether oxygens (including phenoxy) is 1. The fourth-order valence-electron chi connectivity index (χ4n) is 2.98. The molecule has 2 aromatic carbocycles. The maximum Gasteiger partial charge on any atom is 0.252 e. The van der Waals surface area contributed by atoms with Crippen LogP contribution < -0.4 is 15.9 Å². The van der Waals surface area contributed by atoms with Gasteiger partial charge in [0.1, 0.15) is 5.75 Å². The van der Waals surface area contributed by atoms with E-state index < -0.39 is 0 Å². The lowest BCUT2D eigenvalue weighted by molar-refractivity contribution is -0.131. The zero-order valence-corrected chi connectivity index (χ0v) is 17.2. The van der Waals surface area contributed by atoms with E-state index in [1.807, 2.05) is 54.6 Å². The number of thioether (sulfide) groups is 1. The topological polar surface area (TPSA) is 93.4 Å². The van der Waals surface area contributed by atoms with Crippen LogP contribution in [0.15, 0.2) is 65.0 Å². The predicted octanol–water partition coefficient (Wildman–Crippen LogP) is 3.35. The van der Waals surface area contributed by atoms with Gasteiger partial charge in [-0.2, -0.15) is 0 Å². The molecular formula is C20H19N5O2S2. The largest absolute Gasteiger partial charge is 0.497 e. The van der Waals surface area contributed by atoms with Crippen LogP contribution in [0.1, 0.15) is 17.2 Å². The van der Waals surface area contributed by atoms with Crippen molar-refractivity contribution in [2.45, 2.75) is 10.4 Å². The molecule has 1 amide bonds. The second kappa shape index (κ2) is 8.54. The van der Waals surface area contributed by atoms with Gasteiger partial charge in [-0.3, -0.25) is 10.2 Å². The lowest BCUT2D eigenvalue weighted by atomic mass is 10.0. The van der Waals surface area contributed by atoms with E-state index in [1.165, 1.54) is 23.1 Å². The van der Waals surface area contributed by atoms with Gasteiger partial charge in [-0.15, -0.1) is 10.2 Å². The van der Waals surface area contributed by atoms with E-state index in [1.54, 1.807) is 12.1 Å². The first-order valence-electron chi connectivity index (χ1n) is 8.86. The van der Waals surface area contributed by atoms with Gasteiger partial charge in [0, 0.05) is 0 Å². The van der Waals surface area contributed by atoms with E-state index in [9.17, 15) is 4.79 Å². The molecule has 0 unspecified atom stereocenters. The van der Waals surface area contributed by atoms with Crippen LogP contribution >= 0.6 is 23.1 Å².